The molecule has 0 N–H and O–H groups in total. The largest absolute Gasteiger partial charge is 0.462 e. The summed E-state index contributed by atoms with van der Waals surface area (Å²) in [5, 5.41) is 0. The molecule has 0 heterocycles. The van der Waals surface area contributed by atoms with Gasteiger partial charge in [-0.05, 0) is 109 Å². The lowest BCUT2D eigenvalue weighted by Gasteiger charge is -2.18. The number of hydrogen-bond donors (Lipinski definition) is 0. The summed E-state index contributed by atoms with van der Waals surface area (Å²) in [6.45, 7) is 6.33. The van der Waals surface area contributed by atoms with E-state index in [0.717, 1.165) is 135 Å². The molecule has 0 radical (unpaired) electrons. The fourth-order valence-corrected chi connectivity index (χ4v) is 8.89. The molecule has 0 aromatic rings. The van der Waals surface area contributed by atoms with Gasteiger partial charge in [-0.1, -0.05) is 314 Å². The zero-order valence-electron chi connectivity index (χ0n) is 52.9. The Morgan fingerprint density at radius 3 is 0.854 bits per heavy atom. The Balaban J connectivity index is 4.43. The predicted molar refractivity (Wildman–Crippen MR) is 357 cm³/mol. The van der Waals surface area contributed by atoms with Crippen LogP contribution in [0.15, 0.2) is 158 Å². The van der Waals surface area contributed by atoms with Crippen LogP contribution in [0.4, 0.5) is 0 Å². The van der Waals surface area contributed by atoms with Crippen molar-refractivity contribution >= 4 is 17.9 Å². The van der Waals surface area contributed by atoms with E-state index >= 15 is 0 Å². The number of carbonyl (C=O) groups is 3. The standard InChI is InChI=1S/C76H122O6/c1-4-7-10-13-16-19-22-25-28-30-32-33-34-35-36-37-38-39-40-41-42-43-44-46-48-51-54-57-60-63-66-69-75(78)81-72-73(71-80-74(77)68-65-62-59-56-53-50-47-27-24-21-18-15-12-9-6-3)82-76(79)70-67-64-61-58-55-52-49-45-31-29-26-23-20-17-14-11-8-5-2/h7,9-10,12,16,18-19,21,25,27-28,32-33,35-36,38-39,41-42,44,46-47,53,56,62,65,73H,4-6,8,11,13-15,17,20,22-24,26,29-31,34,37,40,43,45,48-52,54-55,57-61,63-64,66-72H2,1-3H3/b10-7-,12-9-,19-16-,21-18-,28-25-,33-32-,36-35-,39-38-,42-41-,46-44-,47-27-,56-53-,65-62-. The SMILES string of the molecule is CC/C=C\C/C=C\C/C=C\C/C=C\C/C=C\C/C=C\C/C=C\C/C=C\CCCCCCCCC(=O)OCC(COC(=O)C/C=C\C/C=C\C/C=C\C/C=C\C/C=C\CC)OC(=O)CCCCCCCCCCCCCCCCCCCC. The summed E-state index contributed by atoms with van der Waals surface area (Å²) in [6.07, 6.45) is 100.0. The molecular weight excluding hydrogens is 1010 g/mol. The molecule has 0 saturated carbocycles. The van der Waals surface area contributed by atoms with Gasteiger partial charge < -0.3 is 14.2 Å². The zero-order chi connectivity index (χ0) is 59.2. The Morgan fingerprint density at radius 1 is 0.268 bits per heavy atom. The number of ether oxygens (including phenoxy) is 3. The number of esters is 3. The second kappa shape index (κ2) is 68.5. The molecule has 0 aromatic heterocycles. The van der Waals surface area contributed by atoms with Crippen molar-refractivity contribution in [3.63, 3.8) is 0 Å². The van der Waals surface area contributed by atoms with E-state index < -0.39 is 12.1 Å². The van der Waals surface area contributed by atoms with Crippen molar-refractivity contribution in [3.8, 4) is 0 Å². The van der Waals surface area contributed by atoms with E-state index in [9.17, 15) is 14.4 Å². The highest BCUT2D eigenvalue weighted by Crippen LogP contribution is 2.16. The number of allylic oxidation sites excluding steroid dienone is 25. The van der Waals surface area contributed by atoms with Crippen molar-refractivity contribution in [2.24, 2.45) is 0 Å². The van der Waals surface area contributed by atoms with Gasteiger partial charge in [0.15, 0.2) is 6.10 Å². The molecule has 0 rings (SSSR count). The lowest BCUT2D eigenvalue weighted by atomic mass is 10.0. The van der Waals surface area contributed by atoms with E-state index in [1.807, 2.05) is 6.08 Å². The van der Waals surface area contributed by atoms with Gasteiger partial charge in [-0.2, -0.15) is 0 Å². The number of unbranched alkanes of at least 4 members (excludes halogenated alkanes) is 23. The van der Waals surface area contributed by atoms with E-state index in [4.69, 9.17) is 14.2 Å². The summed E-state index contributed by atoms with van der Waals surface area (Å²) >= 11 is 0. The Bertz CT molecular complexity index is 1830. The molecule has 0 saturated heterocycles. The first-order valence-electron chi connectivity index (χ1n) is 33.5. The normalized spacial score (nSPS) is 13.2. The lowest BCUT2D eigenvalue weighted by molar-refractivity contribution is -0.166. The Morgan fingerprint density at radius 2 is 0.524 bits per heavy atom. The maximum atomic E-state index is 12.9. The van der Waals surface area contributed by atoms with Gasteiger partial charge in [0.2, 0.25) is 0 Å². The fourth-order valence-electron chi connectivity index (χ4n) is 8.89. The molecule has 82 heavy (non-hydrogen) atoms. The van der Waals surface area contributed by atoms with Crippen LogP contribution in [0.25, 0.3) is 0 Å². The lowest BCUT2D eigenvalue weighted by Crippen LogP contribution is -2.30. The molecular formula is C76H122O6. The van der Waals surface area contributed by atoms with Crippen molar-refractivity contribution in [2.45, 2.75) is 290 Å². The quantitative estimate of drug-likeness (QED) is 0.0261. The van der Waals surface area contributed by atoms with Crippen molar-refractivity contribution < 1.29 is 28.6 Å². The van der Waals surface area contributed by atoms with Gasteiger partial charge >= 0.3 is 17.9 Å². The minimum Gasteiger partial charge on any atom is -0.462 e. The zero-order valence-corrected chi connectivity index (χ0v) is 52.9. The smallest absolute Gasteiger partial charge is 0.309 e. The van der Waals surface area contributed by atoms with Gasteiger partial charge in [0, 0.05) is 12.8 Å². The molecule has 462 valence electrons. The Hall–Kier alpha value is -4.97. The van der Waals surface area contributed by atoms with E-state index in [2.05, 4.69) is 167 Å². The maximum absolute atomic E-state index is 12.9. The number of rotatable bonds is 59. The molecule has 0 aliphatic rings. The summed E-state index contributed by atoms with van der Waals surface area (Å²) in [5.41, 5.74) is 0. The number of hydrogen-bond acceptors (Lipinski definition) is 6. The van der Waals surface area contributed by atoms with Gasteiger partial charge in [-0.15, -0.1) is 0 Å². The fraction of sp³-hybridized carbons (Fsp3) is 0.618. The minimum absolute atomic E-state index is 0.119. The molecule has 0 aliphatic heterocycles. The highest BCUT2D eigenvalue weighted by molar-refractivity contribution is 5.72. The second-order valence-electron chi connectivity index (χ2n) is 21.6. The van der Waals surface area contributed by atoms with Crippen LogP contribution in [0.3, 0.4) is 0 Å². The van der Waals surface area contributed by atoms with Gasteiger partial charge in [-0.3, -0.25) is 14.4 Å². The first kappa shape index (κ1) is 77.0. The van der Waals surface area contributed by atoms with Gasteiger partial charge in [0.25, 0.3) is 0 Å². The third-order valence-electron chi connectivity index (χ3n) is 13.8. The van der Waals surface area contributed by atoms with E-state index in [1.165, 1.54) is 109 Å². The summed E-state index contributed by atoms with van der Waals surface area (Å²) in [4.78, 5) is 38.3. The second-order valence-corrected chi connectivity index (χ2v) is 21.6. The summed E-state index contributed by atoms with van der Waals surface area (Å²) < 4.78 is 16.8. The van der Waals surface area contributed by atoms with Crippen molar-refractivity contribution in [3.05, 3.63) is 158 Å². The van der Waals surface area contributed by atoms with Crippen LogP contribution in [-0.4, -0.2) is 37.2 Å². The molecule has 0 fully saturated rings. The average Bonchev–Trinajstić information content (AvgIpc) is 3.47. The van der Waals surface area contributed by atoms with Crippen LogP contribution in [0, 0.1) is 0 Å². The third kappa shape index (κ3) is 65.8. The predicted octanol–water partition coefficient (Wildman–Crippen LogP) is 23.3. The third-order valence-corrected chi connectivity index (χ3v) is 13.8. The first-order valence-corrected chi connectivity index (χ1v) is 33.5. The Labute approximate surface area is 505 Å². The van der Waals surface area contributed by atoms with Crippen LogP contribution in [0.2, 0.25) is 0 Å². The molecule has 6 nitrogen and oxygen atoms in total. The summed E-state index contributed by atoms with van der Waals surface area (Å²) in [7, 11) is 0. The molecule has 0 aliphatic carbocycles. The molecule has 0 bridgehead atoms. The monoisotopic (exact) mass is 1130 g/mol. The van der Waals surface area contributed by atoms with E-state index in [0.29, 0.717) is 12.8 Å². The van der Waals surface area contributed by atoms with Crippen LogP contribution in [0.1, 0.15) is 284 Å². The van der Waals surface area contributed by atoms with E-state index in [1.54, 1.807) is 6.08 Å². The van der Waals surface area contributed by atoms with Gasteiger partial charge in [-0.25, -0.2) is 0 Å². The van der Waals surface area contributed by atoms with Crippen molar-refractivity contribution in [1.82, 2.24) is 0 Å². The topological polar surface area (TPSA) is 78.9 Å². The van der Waals surface area contributed by atoms with Gasteiger partial charge in [0.05, 0.1) is 6.42 Å². The average molecular weight is 1130 g/mol. The molecule has 1 atom stereocenters. The first-order chi connectivity index (χ1) is 40.5. The molecule has 0 amide bonds. The summed E-state index contributed by atoms with van der Waals surface area (Å²) in [5.74, 6) is -1.06. The number of carbonyl (C=O) groups excluding carboxylic acids is 3. The molecule has 1 unspecified atom stereocenters. The van der Waals surface area contributed by atoms with Crippen LogP contribution >= 0.6 is 0 Å². The molecule has 0 spiro atoms. The van der Waals surface area contributed by atoms with E-state index in [-0.39, 0.29) is 31.6 Å². The highest BCUT2D eigenvalue weighted by atomic mass is 16.6. The highest BCUT2D eigenvalue weighted by Gasteiger charge is 2.19. The maximum Gasteiger partial charge on any atom is 0.309 e. The van der Waals surface area contributed by atoms with Gasteiger partial charge in [0.1, 0.15) is 13.2 Å². The summed E-state index contributed by atoms with van der Waals surface area (Å²) in [6, 6.07) is 0. The Kier molecular flexibility index (Phi) is 64.4. The minimum atomic E-state index is -0.831. The van der Waals surface area contributed by atoms with Crippen LogP contribution in [-0.2, 0) is 28.6 Å². The van der Waals surface area contributed by atoms with Crippen LogP contribution in [0.5, 0.6) is 0 Å². The van der Waals surface area contributed by atoms with Crippen molar-refractivity contribution in [2.75, 3.05) is 13.2 Å². The molecule has 6 heteroatoms. The van der Waals surface area contributed by atoms with Crippen molar-refractivity contribution in [1.29, 1.82) is 0 Å². The van der Waals surface area contributed by atoms with Crippen LogP contribution < -0.4 is 0 Å². The molecule has 0 aromatic carbocycles.